The molecule has 0 saturated carbocycles. The third kappa shape index (κ3) is 2.18. The van der Waals surface area contributed by atoms with Gasteiger partial charge in [-0.3, -0.25) is 9.20 Å². The molecule has 1 fully saturated rings. The molecule has 3 heterocycles. The van der Waals surface area contributed by atoms with Crippen molar-refractivity contribution in [3.63, 3.8) is 0 Å². The lowest BCUT2D eigenvalue weighted by molar-refractivity contribution is 0.0300. The third-order valence-corrected chi connectivity index (χ3v) is 3.99. The highest BCUT2D eigenvalue weighted by atomic mass is 19.1. The summed E-state index contributed by atoms with van der Waals surface area (Å²) < 4.78 is 21.3. The van der Waals surface area contributed by atoms with Crippen molar-refractivity contribution in [3.8, 4) is 0 Å². The minimum absolute atomic E-state index is 0.0148. The summed E-state index contributed by atoms with van der Waals surface area (Å²) in [4.78, 5) is 22.4. The number of carbonyl (C=O) groups is 1. The topological polar surface area (TPSA) is 85.8 Å². The van der Waals surface area contributed by atoms with E-state index in [2.05, 4.69) is 9.97 Å². The molecule has 3 aromatic rings. The van der Waals surface area contributed by atoms with E-state index in [1.54, 1.807) is 21.8 Å². The number of benzene rings is 1. The van der Waals surface area contributed by atoms with Crippen molar-refractivity contribution in [1.29, 1.82) is 0 Å². The van der Waals surface area contributed by atoms with Crippen molar-refractivity contribution < 1.29 is 13.9 Å². The number of aromatic nitrogens is 3. The Morgan fingerprint density at radius 3 is 2.83 bits per heavy atom. The number of rotatable bonds is 1. The van der Waals surface area contributed by atoms with Gasteiger partial charge in [-0.2, -0.15) is 0 Å². The molecule has 1 saturated heterocycles. The van der Waals surface area contributed by atoms with Gasteiger partial charge in [-0.1, -0.05) is 0 Å². The van der Waals surface area contributed by atoms with E-state index in [0.717, 1.165) is 0 Å². The molecular formula is C15H14FN5O2. The number of hydrogen-bond donors (Lipinski definition) is 1. The Morgan fingerprint density at radius 1 is 1.26 bits per heavy atom. The second kappa shape index (κ2) is 5.17. The summed E-state index contributed by atoms with van der Waals surface area (Å²) in [6.45, 7) is 1.84. The van der Waals surface area contributed by atoms with Crippen LogP contribution in [0.25, 0.3) is 16.6 Å². The number of imidazole rings is 1. The van der Waals surface area contributed by atoms with E-state index in [1.807, 2.05) is 0 Å². The maximum absolute atomic E-state index is 14.4. The molecule has 1 amide bonds. The summed E-state index contributed by atoms with van der Waals surface area (Å²) in [5.74, 6) is -0.695. The van der Waals surface area contributed by atoms with Gasteiger partial charge in [0.25, 0.3) is 5.91 Å². The summed E-state index contributed by atoms with van der Waals surface area (Å²) in [5, 5.41) is 0. The average molecular weight is 315 g/mol. The lowest BCUT2D eigenvalue weighted by Gasteiger charge is -2.27. The zero-order valence-electron chi connectivity index (χ0n) is 12.2. The molecule has 1 aliphatic rings. The second-order valence-electron chi connectivity index (χ2n) is 5.37. The van der Waals surface area contributed by atoms with Crippen molar-refractivity contribution in [1.82, 2.24) is 19.3 Å². The number of fused-ring (bicyclic) bond motifs is 3. The molecule has 0 spiro atoms. The number of morpholine rings is 1. The summed E-state index contributed by atoms with van der Waals surface area (Å²) >= 11 is 0. The molecule has 0 unspecified atom stereocenters. The zero-order valence-corrected chi connectivity index (χ0v) is 12.2. The summed E-state index contributed by atoms with van der Waals surface area (Å²) in [5.41, 5.74) is 7.45. The Kier molecular flexibility index (Phi) is 3.12. The van der Waals surface area contributed by atoms with Crippen LogP contribution in [0.3, 0.4) is 0 Å². The van der Waals surface area contributed by atoms with Crippen LogP contribution in [-0.4, -0.2) is 51.5 Å². The van der Waals surface area contributed by atoms with Gasteiger partial charge in [0.05, 0.1) is 42.3 Å². The number of anilines is 1. The fraction of sp³-hybridized carbons (Fsp3) is 0.267. The highest BCUT2D eigenvalue weighted by Crippen LogP contribution is 2.23. The highest BCUT2D eigenvalue weighted by molar-refractivity contribution is 5.98. The van der Waals surface area contributed by atoms with Crippen LogP contribution in [0, 0.1) is 5.82 Å². The molecule has 8 heteroatoms. The number of carbonyl (C=O) groups excluding carboxylic acids is 1. The van der Waals surface area contributed by atoms with Gasteiger partial charge >= 0.3 is 0 Å². The number of nitrogens with two attached hydrogens (primary N) is 1. The Hall–Kier alpha value is -2.74. The van der Waals surface area contributed by atoms with Crippen LogP contribution in [-0.2, 0) is 4.74 Å². The number of halogens is 1. The SMILES string of the molecule is Nc1nc2cc(F)c(C(=O)N3CCOCC3)cc2n2cncc12. The van der Waals surface area contributed by atoms with E-state index >= 15 is 0 Å². The Labute approximate surface area is 130 Å². The van der Waals surface area contributed by atoms with E-state index in [-0.39, 0.29) is 17.3 Å². The molecule has 2 aromatic heterocycles. The van der Waals surface area contributed by atoms with E-state index in [9.17, 15) is 9.18 Å². The van der Waals surface area contributed by atoms with Gasteiger partial charge in [-0.15, -0.1) is 0 Å². The van der Waals surface area contributed by atoms with Crippen molar-refractivity contribution >= 4 is 28.3 Å². The van der Waals surface area contributed by atoms with Crippen LogP contribution in [0.5, 0.6) is 0 Å². The number of nitrogen functional groups attached to an aromatic ring is 1. The fourth-order valence-electron chi connectivity index (χ4n) is 2.80. The smallest absolute Gasteiger partial charge is 0.257 e. The van der Waals surface area contributed by atoms with E-state index < -0.39 is 5.82 Å². The molecule has 0 aliphatic carbocycles. The molecule has 1 aliphatic heterocycles. The first-order chi connectivity index (χ1) is 11.1. The van der Waals surface area contributed by atoms with Crippen LogP contribution in [0.2, 0.25) is 0 Å². The highest BCUT2D eigenvalue weighted by Gasteiger charge is 2.23. The fourth-order valence-corrected chi connectivity index (χ4v) is 2.80. The maximum Gasteiger partial charge on any atom is 0.257 e. The van der Waals surface area contributed by atoms with Crippen LogP contribution in [0.15, 0.2) is 24.7 Å². The van der Waals surface area contributed by atoms with Crippen LogP contribution in [0.1, 0.15) is 10.4 Å². The van der Waals surface area contributed by atoms with Crippen molar-refractivity contribution in [2.75, 3.05) is 32.0 Å². The van der Waals surface area contributed by atoms with Gasteiger partial charge in [-0.05, 0) is 6.07 Å². The first kappa shape index (κ1) is 13.9. The van der Waals surface area contributed by atoms with Crippen LogP contribution < -0.4 is 5.73 Å². The monoisotopic (exact) mass is 315 g/mol. The van der Waals surface area contributed by atoms with Crippen molar-refractivity contribution in [2.24, 2.45) is 0 Å². The van der Waals surface area contributed by atoms with Crippen LogP contribution >= 0.6 is 0 Å². The van der Waals surface area contributed by atoms with E-state index in [1.165, 1.54) is 12.1 Å². The Balaban J connectivity index is 1.88. The molecule has 1 aromatic carbocycles. The predicted molar refractivity (Wildman–Crippen MR) is 81.6 cm³/mol. The molecule has 0 radical (unpaired) electrons. The number of nitrogens with zero attached hydrogens (tertiary/aromatic N) is 4. The number of ether oxygens (including phenoxy) is 1. The van der Waals surface area contributed by atoms with Gasteiger partial charge in [0.2, 0.25) is 0 Å². The minimum atomic E-state index is -0.611. The van der Waals surface area contributed by atoms with Gasteiger partial charge in [0.1, 0.15) is 17.2 Å². The molecule has 118 valence electrons. The standard InChI is InChI=1S/C15H14FN5O2/c16-10-6-11-12(21-8-18-7-13(21)14(17)19-11)5-9(10)15(22)20-1-3-23-4-2-20/h5-8H,1-4H2,(H2,17,19). The first-order valence-corrected chi connectivity index (χ1v) is 7.23. The maximum atomic E-state index is 14.4. The molecule has 23 heavy (non-hydrogen) atoms. The van der Waals surface area contributed by atoms with Crippen molar-refractivity contribution in [3.05, 3.63) is 36.0 Å². The number of amides is 1. The summed E-state index contributed by atoms with van der Waals surface area (Å²) in [7, 11) is 0. The quantitative estimate of drug-likeness (QED) is 0.726. The summed E-state index contributed by atoms with van der Waals surface area (Å²) in [6, 6.07) is 2.74. The zero-order chi connectivity index (χ0) is 16.0. The van der Waals surface area contributed by atoms with Gasteiger partial charge in [0, 0.05) is 19.2 Å². The number of hydrogen-bond acceptors (Lipinski definition) is 5. The Bertz CT molecular complexity index is 917. The molecule has 0 atom stereocenters. The average Bonchev–Trinajstić information content (AvgIpc) is 3.05. The Morgan fingerprint density at radius 2 is 2.04 bits per heavy atom. The molecule has 0 bridgehead atoms. The largest absolute Gasteiger partial charge is 0.382 e. The third-order valence-electron chi connectivity index (χ3n) is 3.99. The molecule has 2 N–H and O–H groups in total. The van der Waals surface area contributed by atoms with E-state index in [0.29, 0.717) is 42.9 Å². The second-order valence-corrected chi connectivity index (χ2v) is 5.37. The lowest BCUT2D eigenvalue weighted by Crippen LogP contribution is -2.41. The van der Waals surface area contributed by atoms with Gasteiger partial charge in [-0.25, -0.2) is 14.4 Å². The summed E-state index contributed by atoms with van der Waals surface area (Å²) in [6.07, 6.45) is 3.14. The molecular weight excluding hydrogens is 301 g/mol. The lowest BCUT2D eigenvalue weighted by atomic mass is 10.1. The predicted octanol–water partition coefficient (Wildman–Crippen LogP) is 1.08. The minimum Gasteiger partial charge on any atom is -0.382 e. The van der Waals surface area contributed by atoms with Crippen molar-refractivity contribution in [2.45, 2.75) is 0 Å². The molecule has 7 nitrogen and oxygen atoms in total. The van der Waals surface area contributed by atoms with Gasteiger partial charge in [0.15, 0.2) is 0 Å². The normalized spacial score (nSPS) is 15.4. The molecule has 4 rings (SSSR count). The van der Waals surface area contributed by atoms with E-state index in [4.69, 9.17) is 10.5 Å². The first-order valence-electron chi connectivity index (χ1n) is 7.23. The van der Waals surface area contributed by atoms with Gasteiger partial charge < -0.3 is 15.4 Å². The van der Waals surface area contributed by atoms with Crippen LogP contribution in [0.4, 0.5) is 10.2 Å².